The van der Waals surface area contributed by atoms with Gasteiger partial charge in [0.1, 0.15) is 0 Å². The topological polar surface area (TPSA) is 75.7 Å². The van der Waals surface area contributed by atoms with Gasteiger partial charge in [-0.2, -0.15) is 4.31 Å². The number of nitrogens with zero attached hydrogens (tertiary/aromatic N) is 1. The lowest BCUT2D eigenvalue weighted by Gasteiger charge is -2.26. The second-order valence-electron chi connectivity index (χ2n) is 7.40. The van der Waals surface area contributed by atoms with Gasteiger partial charge in [0.25, 0.3) is 5.91 Å². The number of hydrogen-bond donors (Lipinski definition) is 1. The molecule has 1 aliphatic rings. The first kappa shape index (κ1) is 21.5. The van der Waals surface area contributed by atoms with E-state index < -0.39 is 10.0 Å². The molecule has 1 atom stereocenters. The molecule has 0 radical (unpaired) electrons. The molecule has 1 amide bonds. The van der Waals surface area contributed by atoms with Crippen LogP contribution in [0.2, 0.25) is 0 Å². The Morgan fingerprint density at radius 3 is 2.52 bits per heavy atom. The largest absolute Gasteiger partial charge is 0.379 e. The van der Waals surface area contributed by atoms with Crippen LogP contribution in [0.15, 0.2) is 53.4 Å². The van der Waals surface area contributed by atoms with Crippen LogP contribution in [0.25, 0.3) is 0 Å². The Labute approximate surface area is 172 Å². The second kappa shape index (κ2) is 9.52. The smallest absolute Gasteiger partial charge is 0.251 e. The van der Waals surface area contributed by atoms with Crippen molar-refractivity contribution in [3.63, 3.8) is 0 Å². The SMILES string of the molecule is Cc1ccc(C(=O)NC(C)CCc2ccccc2)cc1S(=O)(=O)N1CCOCC1. The van der Waals surface area contributed by atoms with Crippen LogP contribution in [0.5, 0.6) is 0 Å². The van der Waals surface area contributed by atoms with Crippen LogP contribution in [-0.2, 0) is 21.2 Å². The zero-order valence-corrected chi connectivity index (χ0v) is 17.7. The predicted molar refractivity (Wildman–Crippen MR) is 112 cm³/mol. The lowest BCUT2D eigenvalue weighted by molar-refractivity contribution is 0.0730. The van der Waals surface area contributed by atoms with Crippen LogP contribution in [0.1, 0.15) is 34.8 Å². The zero-order valence-electron chi connectivity index (χ0n) is 16.9. The van der Waals surface area contributed by atoms with E-state index in [4.69, 9.17) is 4.74 Å². The van der Waals surface area contributed by atoms with E-state index in [9.17, 15) is 13.2 Å². The fourth-order valence-corrected chi connectivity index (χ4v) is 5.01. The summed E-state index contributed by atoms with van der Waals surface area (Å²) in [5, 5.41) is 2.98. The fraction of sp³-hybridized carbons (Fsp3) is 0.409. The molecule has 1 fully saturated rings. The highest BCUT2D eigenvalue weighted by molar-refractivity contribution is 7.89. The summed E-state index contributed by atoms with van der Waals surface area (Å²) in [6, 6.07) is 14.9. The van der Waals surface area contributed by atoms with E-state index in [0.717, 1.165) is 12.8 Å². The van der Waals surface area contributed by atoms with E-state index in [0.29, 0.717) is 37.4 Å². The van der Waals surface area contributed by atoms with Gasteiger partial charge in [0, 0.05) is 24.7 Å². The molecular weight excluding hydrogens is 388 g/mol. The van der Waals surface area contributed by atoms with Crippen molar-refractivity contribution in [2.45, 2.75) is 37.6 Å². The van der Waals surface area contributed by atoms with Crippen LogP contribution in [0.4, 0.5) is 0 Å². The molecule has 29 heavy (non-hydrogen) atoms. The first-order valence-electron chi connectivity index (χ1n) is 9.91. The number of aryl methyl sites for hydroxylation is 2. The standard InChI is InChI=1S/C22H28N2O4S/c1-17-8-11-20(16-21(17)29(26,27)24-12-14-28-15-13-24)22(25)23-18(2)9-10-19-6-4-3-5-7-19/h3-8,11,16,18H,9-10,12-15H2,1-2H3,(H,23,25). The first-order chi connectivity index (χ1) is 13.9. The summed E-state index contributed by atoms with van der Waals surface area (Å²) in [4.78, 5) is 12.9. The van der Waals surface area contributed by atoms with Crippen LogP contribution in [-0.4, -0.2) is 51.0 Å². The third-order valence-electron chi connectivity index (χ3n) is 5.12. The van der Waals surface area contributed by atoms with Gasteiger partial charge in [0.2, 0.25) is 10.0 Å². The van der Waals surface area contributed by atoms with Crippen molar-refractivity contribution in [1.82, 2.24) is 9.62 Å². The molecule has 7 heteroatoms. The Morgan fingerprint density at radius 2 is 1.83 bits per heavy atom. The molecule has 3 rings (SSSR count). The highest BCUT2D eigenvalue weighted by Crippen LogP contribution is 2.22. The highest BCUT2D eigenvalue weighted by atomic mass is 32.2. The van der Waals surface area contributed by atoms with Gasteiger partial charge in [-0.25, -0.2) is 8.42 Å². The quantitative estimate of drug-likeness (QED) is 0.753. The number of carbonyl (C=O) groups excluding carboxylic acids is 1. The fourth-order valence-electron chi connectivity index (χ4n) is 3.35. The lowest BCUT2D eigenvalue weighted by Crippen LogP contribution is -2.41. The minimum absolute atomic E-state index is 0.0247. The average Bonchev–Trinajstić information content (AvgIpc) is 2.73. The number of nitrogens with one attached hydrogen (secondary N) is 1. The van der Waals surface area contributed by atoms with E-state index in [1.807, 2.05) is 25.1 Å². The lowest BCUT2D eigenvalue weighted by atomic mass is 10.1. The average molecular weight is 417 g/mol. The molecule has 1 saturated heterocycles. The van der Waals surface area contributed by atoms with Crippen molar-refractivity contribution < 1.29 is 17.9 Å². The van der Waals surface area contributed by atoms with Crippen molar-refractivity contribution in [2.24, 2.45) is 0 Å². The monoisotopic (exact) mass is 416 g/mol. The van der Waals surface area contributed by atoms with E-state index >= 15 is 0 Å². The Hall–Kier alpha value is -2.22. The van der Waals surface area contributed by atoms with Crippen LogP contribution < -0.4 is 5.32 Å². The molecule has 2 aromatic rings. The number of amides is 1. The molecule has 0 bridgehead atoms. The summed E-state index contributed by atoms with van der Waals surface area (Å²) in [5.41, 5.74) is 2.21. The first-order valence-corrected chi connectivity index (χ1v) is 11.4. The highest BCUT2D eigenvalue weighted by Gasteiger charge is 2.28. The maximum atomic E-state index is 13.0. The molecule has 1 heterocycles. The van der Waals surface area contributed by atoms with E-state index in [2.05, 4.69) is 17.4 Å². The molecule has 6 nitrogen and oxygen atoms in total. The molecule has 0 spiro atoms. The summed E-state index contributed by atoms with van der Waals surface area (Å²) >= 11 is 0. The van der Waals surface area contributed by atoms with Crippen molar-refractivity contribution in [3.05, 3.63) is 65.2 Å². The van der Waals surface area contributed by atoms with E-state index in [1.165, 1.54) is 15.9 Å². The Balaban J connectivity index is 1.68. The molecule has 156 valence electrons. The molecule has 0 aromatic heterocycles. The van der Waals surface area contributed by atoms with Gasteiger partial charge in [0.05, 0.1) is 18.1 Å². The maximum absolute atomic E-state index is 13.0. The summed E-state index contributed by atoms with van der Waals surface area (Å²) in [7, 11) is -3.65. The number of hydrogen-bond acceptors (Lipinski definition) is 4. The van der Waals surface area contributed by atoms with E-state index in [1.54, 1.807) is 19.1 Å². The molecule has 0 saturated carbocycles. The predicted octanol–water partition coefficient (Wildman–Crippen LogP) is 2.77. The maximum Gasteiger partial charge on any atom is 0.251 e. The van der Waals surface area contributed by atoms with E-state index in [-0.39, 0.29) is 16.8 Å². The number of sulfonamides is 1. The Bertz CT molecular complexity index is 939. The third kappa shape index (κ3) is 5.44. The summed E-state index contributed by atoms with van der Waals surface area (Å²) in [6.07, 6.45) is 1.67. The molecule has 1 unspecified atom stereocenters. The minimum atomic E-state index is -3.65. The number of ether oxygens (including phenoxy) is 1. The van der Waals surface area contributed by atoms with Crippen LogP contribution in [0, 0.1) is 6.92 Å². The summed E-state index contributed by atoms with van der Waals surface area (Å²) in [6.45, 7) is 5.14. The van der Waals surface area contributed by atoms with Gasteiger partial charge < -0.3 is 10.1 Å². The van der Waals surface area contributed by atoms with Gasteiger partial charge in [-0.15, -0.1) is 0 Å². The van der Waals surface area contributed by atoms with Crippen LogP contribution in [0.3, 0.4) is 0 Å². The van der Waals surface area contributed by atoms with Crippen molar-refractivity contribution in [2.75, 3.05) is 26.3 Å². The number of rotatable bonds is 7. The van der Waals surface area contributed by atoms with Crippen molar-refractivity contribution in [3.8, 4) is 0 Å². The number of morpholine rings is 1. The van der Waals surface area contributed by atoms with Crippen molar-refractivity contribution >= 4 is 15.9 Å². The van der Waals surface area contributed by atoms with Crippen LogP contribution >= 0.6 is 0 Å². The Kier molecular flexibility index (Phi) is 7.05. The van der Waals surface area contributed by atoms with Gasteiger partial charge in [-0.3, -0.25) is 4.79 Å². The minimum Gasteiger partial charge on any atom is -0.379 e. The second-order valence-corrected chi connectivity index (χ2v) is 9.30. The normalized spacial score (nSPS) is 16.3. The molecule has 2 aromatic carbocycles. The van der Waals surface area contributed by atoms with Crippen molar-refractivity contribution in [1.29, 1.82) is 0 Å². The molecule has 1 aliphatic heterocycles. The molecule has 0 aliphatic carbocycles. The van der Waals surface area contributed by atoms with Gasteiger partial charge in [-0.1, -0.05) is 36.4 Å². The molecule has 1 N–H and O–H groups in total. The number of benzene rings is 2. The van der Waals surface area contributed by atoms with Gasteiger partial charge in [0.15, 0.2) is 0 Å². The van der Waals surface area contributed by atoms with Gasteiger partial charge >= 0.3 is 0 Å². The number of carbonyl (C=O) groups is 1. The molecular formula is C22H28N2O4S. The van der Waals surface area contributed by atoms with Gasteiger partial charge in [-0.05, 0) is 49.9 Å². The third-order valence-corrected chi connectivity index (χ3v) is 7.17. The summed E-state index contributed by atoms with van der Waals surface area (Å²) in [5.74, 6) is -0.260. The Morgan fingerprint density at radius 1 is 1.14 bits per heavy atom. The summed E-state index contributed by atoms with van der Waals surface area (Å²) < 4.78 is 32.7. The zero-order chi connectivity index (χ0) is 20.9.